The minimum Gasteiger partial charge on any atom is -0.395 e. The predicted octanol–water partition coefficient (Wildman–Crippen LogP) is 0.209. The minimum absolute atomic E-state index is 0.138. The summed E-state index contributed by atoms with van der Waals surface area (Å²) in [5.41, 5.74) is 0.559. The number of amides is 1. The highest BCUT2D eigenvalue weighted by Crippen LogP contribution is 2.26. The quantitative estimate of drug-likeness (QED) is 0.604. The van der Waals surface area contributed by atoms with Gasteiger partial charge in [-0.3, -0.25) is 4.79 Å². The largest absolute Gasteiger partial charge is 0.395 e. The van der Waals surface area contributed by atoms with Gasteiger partial charge in [-0.15, -0.1) is 0 Å². The highest BCUT2D eigenvalue weighted by atomic mass is 16.3. The molecule has 5 nitrogen and oxygen atoms in total. The summed E-state index contributed by atoms with van der Waals surface area (Å²) in [6, 6.07) is 9.77. The van der Waals surface area contributed by atoms with Crippen LogP contribution in [-0.2, 0) is 11.2 Å². The molecule has 1 aromatic carbocycles. The number of rotatable bonds is 6. The molecule has 0 aliphatic carbocycles. The molecule has 1 fully saturated rings. The summed E-state index contributed by atoms with van der Waals surface area (Å²) in [6.45, 7) is 1.80. The van der Waals surface area contributed by atoms with E-state index < -0.39 is 11.6 Å². The molecule has 0 bridgehead atoms. The van der Waals surface area contributed by atoms with Gasteiger partial charge in [-0.25, -0.2) is 0 Å². The van der Waals surface area contributed by atoms with Crippen LogP contribution in [0.3, 0.4) is 0 Å². The Balaban J connectivity index is 1.99. The van der Waals surface area contributed by atoms with Gasteiger partial charge in [-0.05, 0) is 24.8 Å². The number of carbonyl (C=O) groups is 1. The van der Waals surface area contributed by atoms with Gasteiger partial charge in [-0.1, -0.05) is 30.3 Å². The van der Waals surface area contributed by atoms with Gasteiger partial charge in [0.15, 0.2) is 0 Å². The van der Waals surface area contributed by atoms with Crippen LogP contribution in [0.1, 0.15) is 25.3 Å². The van der Waals surface area contributed by atoms with Crippen molar-refractivity contribution in [2.75, 3.05) is 13.2 Å². The highest BCUT2D eigenvalue weighted by Gasteiger charge is 2.47. The summed E-state index contributed by atoms with van der Waals surface area (Å²) < 4.78 is 0. The summed E-state index contributed by atoms with van der Waals surface area (Å²) in [7, 11) is 0. The Bertz CT molecular complexity index is 466. The minimum atomic E-state index is -0.776. The first-order valence-corrected chi connectivity index (χ1v) is 7.42. The van der Waals surface area contributed by atoms with Crippen LogP contribution >= 0.6 is 0 Å². The van der Waals surface area contributed by atoms with E-state index in [-0.39, 0.29) is 18.6 Å². The Morgan fingerprint density at radius 2 is 2.14 bits per heavy atom. The van der Waals surface area contributed by atoms with Gasteiger partial charge in [0.25, 0.3) is 0 Å². The number of hydrogen-bond acceptors (Lipinski definition) is 4. The number of hydrogen-bond donors (Lipinski definition) is 4. The fraction of sp³-hybridized carbons (Fsp3) is 0.562. The molecule has 1 aromatic rings. The van der Waals surface area contributed by atoms with Gasteiger partial charge in [0.1, 0.15) is 0 Å². The third-order valence-corrected chi connectivity index (χ3v) is 4.18. The van der Waals surface area contributed by atoms with Crippen LogP contribution in [0.2, 0.25) is 0 Å². The lowest BCUT2D eigenvalue weighted by Gasteiger charge is -2.33. The normalized spacial score (nSPS) is 28.5. The van der Waals surface area contributed by atoms with Gasteiger partial charge >= 0.3 is 0 Å². The number of nitrogens with one attached hydrogen (secondary N) is 2. The molecule has 3 atom stereocenters. The Morgan fingerprint density at radius 3 is 2.71 bits per heavy atom. The summed E-state index contributed by atoms with van der Waals surface area (Å²) >= 11 is 0. The monoisotopic (exact) mass is 292 g/mol. The van der Waals surface area contributed by atoms with E-state index >= 15 is 0 Å². The van der Waals surface area contributed by atoms with Crippen molar-refractivity contribution in [2.45, 2.75) is 43.9 Å². The van der Waals surface area contributed by atoms with E-state index in [1.54, 1.807) is 0 Å². The summed E-state index contributed by atoms with van der Waals surface area (Å²) in [4.78, 5) is 11.5. The predicted molar refractivity (Wildman–Crippen MR) is 80.8 cm³/mol. The van der Waals surface area contributed by atoms with Crippen molar-refractivity contribution in [3.05, 3.63) is 35.9 Å². The number of aryl methyl sites for hydroxylation is 1. The number of aliphatic hydroxyl groups excluding tert-OH is 2. The second kappa shape index (κ2) is 7.02. The first-order chi connectivity index (χ1) is 10.1. The maximum absolute atomic E-state index is 11.5. The van der Waals surface area contributed by atoms with Crippen molar-refractivity contribution in [3.8, 4) is 0 Å². The number of aliphatic hydroxyl groups is 2. The van der Waals surface area contributed by atoms with Crippen LogP contribution in [0.5, 0.6) is 0 Å². The first kappa shape index (κ1) is 15.9. The van der Waals surface area contributed by atoms with E-state index in [0.29, 0.717) is 13.0 Å². The SMILES string of the molecule is CC(=O)N[C@@]1(CCCc2ccccc2)CN[C@@H](CO)[C@H]1O. The number of benzene rings is 1. The molecule has 1 amide bonds. The Hall–Kier alpha value is -1.43. The maximum atomic E-state index is 11.5. The van der Waals surface area contributed by atoms with E-state index in [0.717, 1.165) is 12.8 Å². The van der Waals surface area contributed by atoms with Gasteiger partial charge in [0.2, 0.25) is 5.91 Å². The summed E-state index contributed by atoms with van der Waals surface area (Å²) in [6.07, 6.45) is 1.66. The smallest absolute Gasteiger partial charge is 0.217 e. The molecule has 0 unspecified atom stereocenters. The highest BCUT2D eigenvalue weighted by molar-refractivity contribution is 5.74. The van der Waals surface area contributed by atoms with Crippen molar-refractivity contribution >= 4 is 5.91 Å². The third kappa shape index (κ3) is 3.81. The number of carbonyl (C=O) groups excluding carboxylic acids is 1. The van der Waals surface area contributed by atoms with Crippen LogP contribution < -0.4 is 10.6 Å². The standard InChI is InChI=1S/C16H24N2O3/c1-12(20)18-16(11-17-14(10-19)15(16)21)9-5-8-13-6-3-2-4-7-13/h2-4,6-7,14-15,17,19,21H,5,8-11H2,1H3,(H,18,20)/t14-,15+,16-/m0/s1. The van der Waals surface area contributed by atoms with Gasteiger partial charge in [0, 0.05) is 13.5 Å². The molecule has 0 saturated carbocycles. The van der Waals surface area contributed by atoms with Crippen molar-refractivity contribution in [3.63, 3.8) is 0 Å². The average molecular weight is 292 g/mol. The topological polar surface area (TPSA) is 81.6 Å². The van der Waals surface area contributed by atoms with E-state index in [4.69, 9.17) is 0 Å². The second-order valence-electron chi connectivity index (χ2n) is 5.79. The van der Waals surface area contributed by atoms with Crippen molar-refractivity contribution in [1.29, 1.82) is 0 Å². The Morgan fingerprint density at radius 1 is 1.43 bits per heavy atom. The zero-order valence-electron chi connectivity index (χ0n) is 12.4. The lowest BCUT2D eigenvalue weighted by molar-refractivity contribution is -0.122. The van der Waals surface area contributed by atoms with Crippen LogP contribution in [0.4, 0.5) is 0 Å². The second-order valence-corrected chi connectivity index (χ2v) is 5.79. The van der Waals surface area contributed by atoms with E-state index in [1.165, 1.54) is 12.5 Å². The fourth-order valence-electron chi connectivity index (χ4n) is 3.10. The van der Waals surface area contributed by atoms with Crippen molar-refractivity contribution < 1.29 is 15.0 Å². The third-order valence-electron chi connectivity index (χ3n) is 4.18. The molecule has 5 heteroatoms. The van der Waals surface area contributed by atoms with E-state index in [1.807, 2.05) is 18.2 Å². The molecular weight excluding hydrogens is 268 g/mol. The molecule has 1 aliphatic heterocycles. The van der Waals surface area contributed by atoms with Crippen LogP contribution in [0.15, 0.2) is 30.3 Å². The van der Waals surface area contributed by atoms with Crippen LogP contribution in [0.25, 0.3) is 0 Å². The molecule has 116 valence electrons. The van der Waals surface area contributed by atoms with Crippen LogP contribution in [-0.4, -0.2) is 47.0 Å². The van der Waals surface area contributed by atoms with E-state index in [2.05, 4.69) is 22.8 Å². The van der Waals surface area contributed by atoms with Gasteiger partial charge in [-0.2, -0.15) is 0 Å². The molecule has 2 rings (SSSR count). The molecular formula is C16H24N2O3. The maximum Gasteiger partial charge on any atom is 0.217 e. The first-order valence-electron chi connectivity index (χ1n) is 7.42. The lowest BCUT2D eigenvalue weighted by Crippen LogP contribution is -2.57. The van der Waals surface area contributed by atoms with Crippen molar-refractivity contribution in [2.24, 2.45) is 0 Å². The van der Waals surface area contributed by atoms with Crippen LogP contribution in [0, 0.1) is 0 Å². The Kier molecular flexibility index (Phi) is 5.33. The van der Waals surface area contributed by atoms with Gasteiger partial charge in [0.05, 0.1) is 24.3 Å². The molecule has 4 N–H and O–H groups in total. The molecule has 0 aromatic heterocycles. The van der Waals surface area contributed by atoms with E-state index in [9.17, 15) is 15.0 Å². The fourth-order valence-corrected chi connectivity index (χ4v) is 3.10. The molecule has 1 heterocycles. The molecule has 0 spiro atoms. The molecule has 0 radical (unpaired) electrons. The van der Waals surface area contributed by atoms with Gasteiger partial charge < -0.3 is 20.8 Å². The molecule has 1 aliphatic rings. The molecule has 1 saturated heterocycles. The summed E-state index contributed by atoms with van der Waals surface area (Å²) in [5, 5.41) is 25.7. The zero-order chi connectivity index (χ0) is 15.3. The van der Waals surface area contributed by atoms with Crippen molar-refractivity contribution in [1.82, 2.24) is 10.6 Å². The zero-order valence-corrected chi connectivity index (χ0v) is 12.4. The lowest BCUT2D eigenvalue weighted by atomic mass is 9.86. The molecule has 21 heavy (non-hydrogen) atoms. The summed E-state index contributed by atoms with van der Waals surface area (Å²) in [5.74, 6) is -0.158. The average Bonchev–Trinajstić information content (AvgIpc) is 2.76. The Labute approximate surface area is 125 Å².